The maximum atomic E-state index is 11.9. The lowest BCUT2D eigenvalue weighted by Crippen LogP contribution is -2.28. The molecule has 4 nitrogen and oxygen atoms in total. The van der Waals surface area contributed by atoms with Crippen molar-refractivity contribution in [3.8, 4) is 0 Å². The van der Waals surface area contributed by atoms with Crippen LogP contribution in [0.25, 0.3) is 0 Å². The average Bonchev–Trinajstić information content (AvgIpc) is 2.20. The highest BCUT2D eigenvalue weighted by molar-refractivity contribution is 14.1. The summed E-state index contributed by atoms with van der Waals surface area (Å²) in [5, 5.41) is 0. The summed E-state index contributed by atoms with van der Waals surface area (Å²) in [6.45, 7) is 5.23. The van der Waals surface area contributed by atoms with Crippen molar-refractivity contribution in [1.29, 1.82) is 0 Å². The van der Waals surface area contributed by atoms with Gasteiger partial charge in [0, 0.05) is 15.8 Å². The summed E-state index contributed by atoms with van der Waals surface area (Å²) in [5.41, 5.74) is -0.433. The van der Waals surface area contributed by atoms with E-state index in [1.54, 1.807) is 6.20 Å². The smallest absolute Gasteiger partial charge is 0.269 e. The van der Waals surface area contributed by atoms with Gasteiger partial charge in [0.1, 0.15) is 4.90 Å². The Kier molecular flexibility index (Phi) is 4.17. The highest BCUT2D eigenvalue weighted by Crippen LogP contribution is 2.13. The Morgan fingerprint density at radius 1 is 1.44 bits per heavy atom. The van der Waals surface area contributed by atoms with Gasteiger partial charge in [-0.3, -0.25) is 4.79 Å². The minimum Gasteiger partial charge on any atom is -0.311 e. The van der Waals surface area contributed by atoms with Crippen LogP contribution in [-0.4, -0.2) is 18.7 Å². The van der Waals surface area contributed by atoms with Gasteiger partial charge in [-0.15, -0.1) is 0 Å². The number of sulfone groups is 1. The molecule has 0 aliphatic rings. The van der Waals surface area contributed by atoms with Gasteiger partial charge in [-0.1, -0.05) is 6.92 Å². The maximum absolute atomic E-state index is 11.9. The molecule has 0 amide bonds. The number of pyridine rings is 1. The lowest BCUT2D eigenvalue weighted by molar-refractivity contribution is 0.558. The van der Waals surface area contributed by atoms with Crippen LogP contribution in [0.4, 0.5) is 0 Å². The molecule has 0 N–H and O–H groups in total. The summed E-state index contributed by atoms with van der Waals surface area (Å²) in [7, 11) is -3.45. The van der Waals surface area contributed by atoms with Crippen molar-refractivity contribution in [3.05, 3.63) is 26.2 Å². The fourth-order valence-electron chi connectivity index (χ4n) is 1.30. The molecule has 0 saturated heterocycles. The minimum absolute atomic E-state index is 0.0481. The summed E-state index contributed by atoms with van der Waals surface area (Å²) < 4.78 is 25.7. The molecule has 0 aliphatic carbocycles. The average molecular weight is 355 g/mol. The third-order valence-electron chi connectivity index (χ3n) is 2.25. The van der Waals surface area contributed by atoms with Crippen LogP contribution in [0, 0.1) is 3.57 Å². The summed E-state index contributed by atoms with van der Waals surface area (Å²) in [6, 6.07) is 1.38. The van der Waals surface area contributed by atoms with Gasteiger partial charge in [0.2, 0.25) is 0 Å². The van der Waals surface area contributed by atoms with Crippen LogP contribution >= 0.6 is 22.6 Å². The number of aromatic nitrogens is 1. The number of halogens is 1. The Hall–Kier alpha value is -0.370. The third kappa shape index (κ3) is 2.65. The van der Waals surface area contributed by atoms with Crippen molar-refractivity contribution in [2.45, 2.75) is 31.7 Å². The highest BCUT2D eigenvalue weighted by Gasteiger charge is 2.19. The SMILES string of the molecule is CCS(=O)(=O)c1cc(I)cn(C(C)C)c1=O. The fraction of sp³-hybridized carbons (Fsp3) is 0.500. The number of rotatable bonds is 3. The van der Waals surface area contributed by atoms with Gasteiger partial charge in [-0.05, 0) is 42.5 Å². The van der Waals surface area contributed by atoms with E-state index >= 15 is 0 Å². The van der Waals surface area contributed by atoms with Crippen molar-refractivity contribution in [1.82, 2.24) is 4.57 Å². The van der Waals surface area contributed by atoms with E-state index in [4.69, 9.17) is 0 Å². The molecule has 0 aromatic carbocycles. The third-order valence-corrected chi connectivity index (χ3v) is 4.56. The van der Waals surface area contributed by atoms with Gasteiger partial charge in [0.15, 0.2) is 9.84 Å². The molecule has 90 valence electrons. The lowest BCUT2D eigenvalue weighted by Gasteiger charge is -2.12. The van der Waals surface area contributed by atoms with E-state index in [0.717, 1.165) is 3.57 Å². The second kappa shape index (κ2) is 4.87. The summed E-state index contributed by atoms with van der Waals surface area (Å²) in [4.78, 5) is 11.8. The Labute approximate surface area is 109 Å². The first-order valence-corrected chi connectivity index (χ1v) is 7.67. The summed E-state index contributed by atoms with van der Waals surface area (Å²) >= 11 is 2.01. The van der Waals surface area contributed by atoms with Gasteiger partial charge < -0.3 is 4.57 Å². The van der Waals surface area contributed by atoms with Crippen molar-refractivity contribution < 1.29 is 8.42 Å². The zero-order chi connectivity index (χ0) is 12.5. The van der Waals surface area contributed by atoms with Crippen LogP contribution in [-0.2, 0) is 9.84 Å². The molecule has 0 fully saturated rings. The Bertz CT molecular complexity index is 546. The minimum atomic E-state index is -3.45. The van der Waals surface area contributed by atoms with Gasteiger partial charge in [-0.2, -0.15) is 0 Å². The predicted octanol–water partition coefficient (Wildman–Crippen LogP) is 1.83. The van der Waals surface area contributed by atoms with E-state index in [0.29, 0.717) is 0 Å². The van der Waals surface area contributed by atoms with Gasteiger partial charge >= 0.3 is 0 Å². The van der Waals surface area contributed by atoms with Crippen molar-refractivity contribution >= 4 is 32.4 Å². The topological polar surface area (TPSA) is 56.1 Å². The number of nitrogens with zero attached hydrogens (tertiary/aromatic N) is 1. The first-order chi connectivity index (χ1) is 7.29. The molecule has 0 atom stereocenters. The number of hydrogen-bond acceptors (Lipinski definition) is 3. The van der Waals surface area contributed by atoms with Crippen molar-refractivity contribution in [2.75, 3.05) is 5.75 Å². The molecule has 1 heterocycles. The van der Waals surface area contributed by atoms with E-state index in [1.807, 2.05) is 36.4 Å². The van der Waals surface area contributed by atoms with Crippen LogP contribution in [0.15, 0.2) is 22.0 Å². The standard InChI is InChI=1S/C10H14INO3S/c1-4-16(14,15)9-5-8(11)6-12(7(2)3)10(9)13/h5-7H,4H2,1-3H3. The zero-order valence-corrected chi connectivity index (χ0v) is 12.4. The van der Waals surface area contributed by atoms with Crippen LogP contribution in [0.3, 0.4) is 0 Å². The molecule has 6 heteroatoms. The molecule has 0 unspecified atom stereocenters. The second-order valence-electron chi connectivity index (χ2n) is 3.73. The molecule has 0 bridgehead atoms. The van der Waals surface area contributed by atoms with Gasteiger partial charge in [0.25, 0.3) is 5.56 Å². The molecule has 16 heavy (non-hydrogen) atoms. The van der Waals surface area contributed by atoms with E-state index in [9.17, 15) is 13.2 Å². The Morgan fingerprint density at radius 3 is 2.44 bits per heavy atom. The summed E-state index contributed by atoms with van der Waals surface area (Å²) in [6.07, 6.45) is 1.67. The molecule has 1 aromatic rings. The Balaban J connectivity index is 3.61. The van der Waals surface area contributed by atoms with E-state index in [2.05, 4.69) is 0 Å². The monoisotopic (exact) mass is 355 g/mol. The van der Waals surface area contributed by atoms with Crippen LogP contribution in [0.2, 0.25) is 0 Å². The Morgan fingerprint density at radius 2 is 2.00 bits per heavy atom. The molecule has 1 aromatic heterocycles. The maximum Gasteiger partial charge on any atom is 0.269 e. The first-order valence-electron chi connectivity index (χ1n) is 4.94. The molecular weight excluding hydrogens is 341 g/mol. The quantitative estimate of drug-likeness (QED) is 0.778. The van der Waals surface area contributed by atoms with E-state index < -0.39 is 15.4 Å². The van der Waals surface area contributed by atoms with E-state index in [1.165, 1.54) is 17.6 Å². The van der Waals surface area contributed by atoms with Crippen LogP contribution < -0.4 is 5.56 Å². The normalized spacial score (nSPS) is 12.1. The molecule has 0 radical (unpaired) electrons. The molecule has 0 spiro atoms. The molecular formula is C10H14INO3S. The van der Waals surface area contributed by atoms with Crippen molar-refractivity contribution in [2.24, 2.45) is 0 Å². The predicted molar refractivity (Wildman–Crippen MR) is 71.5 cm³/mol. The zero-order valence-electron chi connectivity index (χ0n) is 9.40. The first kappa shape index (κ1) is 13.7. The van der Waals surface area contributed by atoms with Crippen LogP contribution in [0.1, 0.15) is 26.8 Å². The number of hydrogen-bond donors (Lipinski definition) is 0. The highest BCUT2D eigenvalue weighted by atomic mass is 127. The fourth-order valence-corrected chi connectivity index (χ4v) is 3.12. The van der Waals surface area contributed by atoms with Crippen molar-refractivity contribution in [3.63, 3.8) is 0 Å². The lowest BCUT2D eigenvalue weighted by atomic mass is 10.3. The molecule has 0 saturated carbocycles. The molecule has 0 aliphatic heterocycles. The van der Waals surface area contributed by atoms with Gasteiger partial charge in [-0.25, -0.2) is 8.42 Å². The van der Waals surface area contributed by atoms with Gasteiger partial charge in [0.05, 0.1) is 5.75 Å². The van der Waals surface area contributed by atoms with Crippen LogP contribution in [0.5, 0.6) is 0 Å². The molecule has 1 rings (SSSR count). The van der Waals surface area contributed by atoms with E-state index in [-0.39, 0.29) is 16.7 Å². The largest absolute Gasteiger partial charge is 0.311 e. The second-order valence-corrected chi connectivity index (χ2v) is 7.22. The summed E-state index contributed by atoms with van der Waals surface area (Å²) in [5.74, 6) is -0.0551.